The van der Waals surface area contributed by atoms with Gasteiger partial charge in [-0.1, -0.05) is 50.2 Å². The zero-order valence-electron chi connectivity index (χ0n) is 40.3. The zero-order chi connectivity index (χ0) is 52.5. The number of nitrogens with zero attached hydrogens (tertiary/aromatic N) is 6. The first kappa shape index (κ1) is 57.7. The van der Waals surface area contributed by atoms with Crippen LogP contribution in [0.3, 0.4) is 0 Å². The van der Waals surface area contributed by atoms with Gasteiger partial charge in [0.1, 0.15) is 5.60 Å². The lowest BCUT2D eigenvalue weighted by molar-refractivity contribution is -0.155. The van der Waals surface area contributed by atoms with Crippen molar-refractivity contribution in [2.24, 2.45) is 0 Å². The van der Waals surface area contributed by atoms with Crippen molar-refractivity contribution in [3.8, 4) is 0 Å². The Labute approximate surface area is 419 Å². The van der Waals surface area contributed by atoms with Crippen LogP contribution in [0, 0.1) is 0 Å². The van der Waals surface area contributed by atoms with E-state index in [0.29, 0.717) is 45.3 Å². The fourth-order valence-electron chi connectivity index (χ4n) is 7.88. The number of ether oxygens (including phenoxy) is 1. The van der Waals surface area contributed by atoms with Crippen LogP contribution in [-0.4, -0.2) is 82.6 Å². The molecule has 0 spiro atoms. The average molecular weight is 1040 g/mol. The van der Waals surface area contributed by atoms with Crippen LogP contribution < -0.4 is 5.69 Å². The van der Waals surface area contributed by atoms with Crippen molar-refractivity contribution in [3.63, 3.8) is 0 Å². The minimum absolute atomic E-state index is 0.165. The number of carbonyl (C=O) groups is 3. The number of carboxylic acids is 1. The van der Waals surface area contributed by atoms with E-state index < -0.39 is 65.2 Å². The van der Waals surface area contributed by atoms with Crippen LogP contribution in [0.2, 0.25) is 0 Å². The van der Waals surface area contributed by atoms with Gasteiger partial charge >= 0.3 is 36.0 Å². The van der Waals surface area contributed by atoms with E-state index >= 15 is 0 Å². The number of aryl methyl sites for hydroxylation is 5. The highest BCUT2D eigenvalue weighted by Gasteiger charge is 2.37. The lowest BCUT2D eigenvalue weighted by atomic mass is 10.00. The summed E-state index contributed by atoms with van der Waals surface area (Å²) in [5, 5.41) is 9.51. The van der Waals surface area contributed by atoms with Gasteiger partial charge in [0.25, 0.3) is 0 Å². The number of hydrogen-bond donors (Lipinski definition) is 1. The quantitative estimate of drug-likeness (QED) is 0.0520. The molecule has 1 N–H and O–H groups in total. The molecule has 12 nitrogen and oxygen atoms in total. The molecule has 2 atom stereocenters. The van der Waals surface area contributed by atoms with Crippen LogP contribution in [0.15, 0.2) is 102 Å². The van der Waals surface area contributed by atoms with Gasteiger partial charge in [-0.15, -0.1) is 23.2 Å². The number of amides is 2. The van der Waals surface area contributed by atoms with Gasteiger partial charge in [0, 0.05) is 61.3 Å². The van der Waals surface area contributed by atoms with Gasteiger partial charge in [0.05, 0.1) is 41.4 Å². The van der Waals surface area contributed by atoms with Gasteiger partial charge in [0.2, 0.25) is 0 Å². The number of carboxylic acid groups (broad SMARTS) is 1. The molecule has 71 heavy (non-hydrogen) atoms. The molecule has 1 aliphatic heterocycles. The number of halogens is 8. The van der Waals surface area contributed by atoms with Crippen molar-refractivity contribution < 1.29 is 50.6 Å². The molecule has 2 amide bonds. The highest BCUT2D eigenvalue weighted by atomic mass is 35.5. The second-order valence-electron chi connectivity index (χ2n) is 17.6. The van der Waals surface area contributed by atoms with E-state index in [-0.39, 0.29) is 35.5 Å². The number of rotatable bonds is 18. The number of alkyl halides is 8. The number of aliphatic carboxylic acids is 1. The Kier molecular flexibility index (Phi) is 21.6. The zero-order valence-corrected chi connectivity index (χ0v) is 41.8. The summed E-state index contributed by atoms with van der Waals surface area (Å²) in [5.74, 6) is -1.79. The molecule has 2 aromatic carbocycles. The van der Waals surface area contributed by atoms with Crippen LogP contribution in [0.5, 0.6) is 0 Å². The first-order valence-electron chi connectivity index (χ1n) is 23.1. The number of urea groups is 1. The molecule has 0 aliphatic carbocycles. The Morgan fingerprint density at radius 1 is 0.690 bits per heavy atom. The Bertz CT molecular complexity index is 2580. The molecule has 4 heterocycles. The topological polar surface area (TPSA) is 140 Å². The number of hydrogen-bond acceptors (Lipinski definition) is 7. The summed E-state index contributed by atoms with van der Waals surface area (Å²) in [6, 6.07) is 18.7. The monoisotopic (exact) mass is 1040 g/mol. The second kappa shape index (κ2) is 26.5. The molecular weight excluding hydrogens is 977 g/mol. The Balaban J connectivity index is 0.000000294. The van der Waals surface area contributed by atoms with E-state index in [1.807, 2.05) is 50.2 Å². The van der Waals surface area contributed by atoms with Crippen LogP contribution in [0.1, 0.15) is 117 Å². The fourth-order valence-corrected chi connectivity index (χ4v) is 7.88. The summed E-state index contributed by atoms with van der Waals surface area (Å²) in [4.78, 5) is 62.3. The smallest absolute Gasteiger partial charge is 0.416 e. The van der Waals surface area contributed by atoms with E-state index in [4.69, 9.17) is 27.9 Å². The van der Waals surface area contributed by atoms with Crippen molar-refractivity contribution in [1.29, 1.82) is 0 Å². The SMILES string of the molecule is CCc1cccc(CCCN2CCN(C(CC(=O)O)c3cccc(C(F)(F)F)c3)C2=O)n1.CCc1cccc(CCCn2ccn(C(CC(=O)OC(C)(C)C)c3cccc(C(F)(F)F)c3)c2=O)n1.ClCCl. The summed E-state index contributed by atoms with van der Waals surface area (Å²) in [6.45, 7) is 10.7. The molecule has 1 fully saturated rings. The van der Waals surface area contributed by atoms with E-state index in [2.05, 4.69) is 9.97 Å². The molecule has 0 radical (unpaired) electrons. The summed E-state index contributed by atoms with van der Waals surface area (Å²) in [6.07, 6.45) is -2.34. The van der Waals surface area contributed by atoms with Crippen molar-refractivity contribution in [1.82, 2.24) is 28.9 Å². The molecule has 0 saturated carbocycles. The average Bonchev–Trinajstić information content (AvgIpc) is 3.86. The van der Waals surface area contributed by atoms with Crippen LogP contribution >= 0.6 is 23.2 Å². The predicted molar refractivity (Wildman–Crippen MR) is 259 cm³/mol. The minimum Gasteiger partial charge on any atom is -0.481 e. The maximum Gasteiger partial charge on any atom is 0.416 e. The number of benzene rings is 2. The predicted octanol–water partition coefficient (Wildman–Crippen LogP) is 11.6. The largest absolute Gasteiger partial charge is 0.481 e. The number of pyridine rings is 2. The third-order valence-electron chi connectivity index (χ3n) is 11.2. The Morgan fingerprint density at radius 3 is 1.65 bits per heavy atom. The lowest BCUT2D eigenvalue weighted by Crippen LogP contribution is -2.36. The molecule has 20 heteroatoms. The number of imidazole rings is 1. The van der Waals surface area contributed by atoms with E-state index in [1.165, 1.54) is 44.5 Å². The molecule has 5 aromatic rings. The normalized spacial score (nSPS) is 13.7. The molecule has 1 saturated heterocycles. The van der Waals surface area contributed by atoms with Crippen molar-refractivity contribution >= 4 is 41.2 Å². The molecule has 1 aliphatic rings. The molecular formula is C51H60Cl2F6N6O6. The highest BCUT2D eigenvalue weighted by Crippen LogP contribution is 2.35. The van der Waals surface area contributed by atoms with E-state index in [9.17, 15) is 50.6 Å². The third-order valence-corrected chi connectivity index (χ3v) is 11.2. The van der Waals surface area contributed by atoms with Crippen molar-refractivity contribution in [3.05, 3.63) is 153 Å². The van der Waals surface area contributed by atoms with Crippen LogP contribution in [-0.2, 0) is 58.9 Å². The maximum absolute atomic E-state index is 13.4. The summed E-state index contributed by atoms with van der Waals surface area (Å²) < 4.78 is 87.7. The van der Waals surface area contributed by atoms with Gasteiger partial charge in [-0.25, -0.2) is 9.59 Å². The third kappa shape index (κ3) is 18.0. The standard InChI is InChI=1S/C27H32F3N3O3.C23H26F3N3O3.CH2Cl2/c1-5-21-11-7-12-22(31-21)13-8-14-32-15-16-33(25(32)35)23(18-24(34)36-26(2,3)4)19-9-6-10-20(17-19)27(28,29)30;1-2-18-8-4-9-19(27-18)10-5-11-28-12-13-29(22(28)32)20(15-21(30)31)16-6-3-7-17(14-16)23(24,25)26;2-1-3/h6-7,9-12,15-17,23H,5,8,13-14,18H2,1-4H3;3-4,6-9,14,20H,2,5,10-13,15H2,1H3,(H,30,31);1H2. The highest BCUT2D eigenvalue weighted by molar-refractivity contribution is 6.40. The molecule has 2 unspecified atom stereocenters. The first-order chi connectivity index (χ1) is 33.5. The lowest BCUT2D eigenvalue weighted by Gasteiger charge is -2.28. The second-order valence-corrected chi connectivity index (χ2v) is 18.4. The van der Waals surface area contributed by atoms with Crippen molar-refractivity contribution in [2.75, 3.05) is 25.0 Å². The van der Waals surface area contributed by atoms with Crippen LogP contribution in [0.4, 0.5) is 31.1 Å². The van der Waals surface area contributed by atoms with Gasteiger partial charge < -0.3 is 19.6 Å². The van der Waals surface area contributed by atoms with E-state index in [1.54, 1.807) is 31.9 Å². The number of aromatic nitrogens is 4. The number of esters is 1. The van der Waals surface area contributed by atoms with Crippen molar-refractivity contribution in [2.45, 2.75) is 123 Å². The molecule has 0 bridgehead atoms. The fraction of sp³-hybridized carbons (Fsp3) is 0.451. The molecule has 6 rings (SSSR count). The minimum atomic E-state index is -4.55. The molecule has 386 valence electrons. The van der Waals surface area contributed by atoms with Gasteiger partial charge in [-0.05, 0) is 119 Å². The maximum atomic E-state index is 13.4. The van der Waals surface area contributed by atoms with Gasteiger partial charge in [0.15, 0.2) is 0 Å². The Hall–Kier alpha value is -5.88. The Morgan fingerprint density at radius 2 is 1.17 bits per heavy atom. The van der Waals surface area contributed by atoms with Gasteiger partial charge in [-0.3, -0.25) is 28.7 Å². The summed E-state index contributed by atoms with van der Waals surface area (Å²) in [7, 11) is 0. The van der Waals surface area contributed by atoms with E-state index in [0.717, 1.165) is 59.9 Å². The summed E-state index contributed by atoms with van der Waals surface area (Å²) >= 11 is 9.53. The first-order valence-corrected chi connectivity index (χ1v) is 24.2. The molecule has 3 aromatic heterocycles. The van der Waals surface area contributed by atoms with Crippen LogP contribution in [0.25, 0.3) is 0 Å². The van der Waals surface area contributed by atoms with Gasteiger partial charge in [-0.2, -0.15) is 26.3 Å². The number of carbonyl (C=O) groups excluding carboxylic acids is 2. The summed E-state index contributed by atoms with van der Waals surface area (Å²) in [5.41, 5.74) is 1.37.